The van der Waals surface area contributed by atoms with E-state index in [1.807, 2.05) is 0 Å². The molecule has 0 unspecified atom stereocenters. The molecule has 1 N–H and O–H groups in total. The van der Waals surface area contributed by atoms with Gasteiger partial charge in [0, 0.05) is 6.42 Å². The Balaban J connectivity index is 3.04. The molecule has 0 aliphatic carbocycles. The lowest BCUT2D eigenvalue weighted by molar-refractivity contribution is -0.136. The fraction of sp³-hybridized carbons (Fsp3) is 0.222. The zero-order valence-corrected chi connectivity index (χ0v) is 7.36. The lowest BCUT2D eigenvalue weighted by Crippen LogP contribution is -2.04. The lowest BCUT2D eigenvalue weighted by Gasteiger charge is -2.03. The van der Waals surface area contributed by atoms with Crippen LogP contribution in [0.15, 0.2) is 6.07 Å². The van der Waals surface area contributed by atoms with Crippen LogP contribution in [0.25, 0.3) is 0 Å². The highest BCUT2D eigenvalue weighted by Gasteiger charge is 2.18. The molecule has 0 aliphatic rings. The highest BCUT2D eigenvalue weighted by molar-refractivity contribution is 5.67. The minimum atomic E-state index is -1.92. The Bertz CT molecular complexity index is 404. The second kappa shape index (κ2) is 4.29. The maximum atomic E-state index is 12.9. The summed E-state index contributed by atoms with van der Waals surface area (Å²) in [4.78, 5) is 10.1. The summed E-state index contributed by atoms with van der Waals surface area (Å²) in [6.45, 7) is 0. The van der Waals surface area contributed by atoms with Crippen LogP contribution < -0.4 is 0 Å². The summed E-state index contributed by atoms with van der Waals surface area (Å²) in [5.41, 5.74) is -0.492. The maximum absolute atomic E-state index is 12.9. The Morgan fingerprint density at radius 2 is 1.73 bits per heavy atom. The van der Waals surface area contributed by atoms with E-state index in [9.17, 15) is 22.4 Å². The van der Waals surface area contributed by atoms with Crippen LogP contribution in [0.1, 0.15) is 12.0 Å². The molecule has 6 heteroatoms. The van der Waals surface area contributed by atoms with E-state index in [1.54, 1.807) is 0 Å². The number of aliphatic carboxylic acids is 1. The number of rotatable bonds is 3. The number of carboxylic acid groups (broad SMARTS) is 1. The number of hydrogen-bond donors (Lipinski definition) is 1. The zero-order valence-electron chi connectivity index (χ0n) is 7.36. The minimum Gasteiger partial charge on any atom is -0.481 e. The summed E-state index contributed by atoms with van der Waals surface area (Å²) in [6.07, 6.45) is -0.878. The first kappa shape index (κ1) is 11.5. The van der Waals surface area contributed by atoms with E-state index < -0.39 is 47.6 Å². The van der Waals surface area contributed by atoms with Crippen molar-refractivity contribution in [2.75, 3.05) is 0 Å². The molecule has 0 aromatic heterocycles. The van der Waals surface area contributed by atoms with E-state index >= 15 is 0 Å². The average Bonchev–Trinajstić information content (AvgIpc) is 2.18. The Morgan fingerprint density at radius 3 is 2.27 bits per heavy atom. The fourth-order valence-electron chi connectivity index (χ4n) is 1.05. The molecular formula is C9H6F4O2. The van der Waals surface area contributed by atoms with Gasteiger partial charge in [-0.05, 0) is 18.1 Å². The van der Waals surface area contributed by atoms with Crippen LogP contribution in [-0.2, 0) is 11.2 Å². The predicted molar refractivity (Wildman–Crippen MR) is 42.2 cm³/mol. The van der Waals surface area contributed by atoms with Crippen LogP contribution in [0.3, 0.4) is 0 Å². The van der Waals surface area contributed by atoms with Gasteiger partial charge in [-0.15, -0.1) is 0 Å². The Morgan fingerprint density at radius 1 is 1.13 bits per heavy atom. The van der Waals surface area contributed by atoms with Gasteiger partial charge in [-0.25, -0.2) is 17.6 Å². The van der Waals surface area contributed by atoms with E-state index in [1.165, 1.54) is 0 Å². The van der Waals surface area contributed by atoms with Crippen LogP contribution in [0.2, 0.25) is 0 Å². The molecule has 2 nitrogen and oxygen atoms in total. The van der Waals surface area contributed by atoms with Crippen LogP contribution in [0, 0.1) is 23.3 Å². The summed E-state index contributed by atoms with van der Waals surface area (Å²) in [5, 5.41) is 8.27. The van der Waals surface area contributed by atoms with Crippen molar-refractivity contribution in [1.82, 2.24) is 0 Å². The van der Waals surface area contributed by atoms with Crippen molar-refractivity contribution < 1.29 is 27.5 Å². The van der Waals surface area contributed by atoms with Gasteiger partial charge < -0.3 is 5.11 Å². The summed E-state index contributed by atoms with van der Waals surface area (Å²) in [6, 6.07) is 0.455. The molecule has 0 fully saturated rings. The largest absolute Gasteiger partial charge is 0.481 e. The summed E-state index contributed by atoms with van der Waals surface area (Å²) in [7, 11) is 0. The standard InChI is InChI=1S/C9H6F4O2/c10-5-3-4(1-2-6(14)15)7(11)9(13)8(5)12/h3H,1-2H2,(H,14,15). The Hall–Kier alpha value is -1.59. The van der Waals surface area contributed by atoms with Crippen molar-refractivity contribution in [3.05, 3.63) is 34.9 Å². The summed E-state index contributed by atoms with van der Waals surface area (Å²) < 4.78 is 50.6. The molecule has 1 aromatic rings. The van der Waals surface area contributed by atoms with Gasteiger partial charge in [0.25, 0.3) is 0 Å². The number of carbonyl (C=O) groups is 1. The molecule has 1 aromatic carbocycles. The van der Waals surface area contributed by atoms with Crippen molar-refractivity contribution in [3.8, 4) is 0 Å². The highest BCUT2D eigenvalue weighted by Crippen LogP contribution is 2.19. The zero-order chi connectivity index (χ0) is 11.6. The van der Waals surface area contributed by atoms with Gasteiger partial charge in [-0.2, -0.15) is 0 Å². The topological polar surface area (TPSA) is 37.3 Å². The lowest BCUT2D eigenvalue weighted by atomic mass is 10.1. The normalized spacial score (nSPS) is 10.4. The number of carboxylic acids is 1. The first-order valence-corrected chi connectivity index (χ1v) is 3.97. The van der Waals surface area contributed by atoms with E-state index in [4.69, 9.17) is 5.11 Å². The average molecular weight is 222 g/mol. The molecule has 0 saturated heterocycles. The Kier molecular flexibility index (Phi) is 3.28. The van der Waals surface area contributed by atoms with Crippen molar-refractivity contribution >= 4 is 5.97 Å². The minimum absolute atomic E-state index is 0.394. The van der Waals surface area contributed by atoms with Gasteiger partial charge in [0.2, 0.25) is 0 Å². The molecule has 0 aliphatic heterocycles. The van der Waals surface area contributed by atoms with Gasteiger partial charge in [0.1, 0.15) is 0 Å². The van der Waals surface area contributed by atoms with E-state index in [2.05, 4.69) is 0 Å². The molecule has 0 amide bonds. The molecule has 1 rings (SSSR count). The molecule has 0 spiro atoms. The predicted octanol–water partition coefficient (Wildman–Crippen LogP) is 2.26. The van der Waals surface area contributed by atoms with Gasteiger partial charge >= 0.3 is 5.97 Å². The first-order valence-electron chi connectivity index (χ1n) is 3.97. The third kappa shape index (κ3) is 2.45. The SMILES string of the molecule is O=C(O)CCc1cc(F)c(F)c(F)c1F. The summed E-state index contributed by atoms with van der Waals surface area (Å²) >= 11 is 0. The molecule has 0 atom stereocenters. The molecule has 0 saturated carbocycles. The van der Waals surface area contributed by atoms with Crippen LogP contribution in [0.5, 0.6) is 0 Å². The third-order valence-corrected chi connectivity index (χ3v) is 1.79. The van der Waals surface area contributed by atoms with Crippen LogP contribution in [-0.4, -0.2) is 11.1 Å². The quantitative estimate of drug-likeness (QED) is 0.484. The van der Waals surface area contributed by atoms with Gasteiger partial charge in [-0.1, -0.05) is 0 Å². The van der Waals surface area contributed by atoms with Gasteiger partial charge in [-0.3, -0.25) is 4.79 Å². The second-order valence-electron chi connectivity index (χ2n) is 2.85. The van der Waals surface area contributed by atoms with Crippen molar-refractivity contribution in [2.24, 2.45) is 0 Å². The highest BCUT2D eigenvalue weighted by atomic mass is 19.2. The molecule has 0 bridgehead atoms. The van der Waals surface area contributed by atoms with E-state index in [-0.39, 0.29) is 0 Å². The molecule has 82 valence electrons. The maximum Gasteiger partial charge on any atom is 0.303 e. The van der Waals surface area contributed by atoms with Gasteiger partial charge in [0.05, 0.1) is 0 Å². The number of halogens is 4. The Labute approximate surface area is 82.1 Å². The van der Waals surface area contributed by atoms with E-state index in [0.717, 1.165) is 0 Å². The molecular weight excluding hydrogens is 216 g/mol. The summed E-state index contributed by atoms with van der Waals surface area (Å²) in [5.74, 6) is -8.13. The second-order valence-corrected chi connectivity index (χ2v) is 2.85. The fourth-order valence-corrected chi connectivity index (χ4v) is 1.05. The molecule has 0 heterocycles. The number of benzene rings is 1. The first-order chi connectivity index (χ1) is 6.93. The van der Waals surface area contributed by atoms with Crippen LogP contribution in [0.4, 0.5) is 17.6 Å². The van der Waals surface area contributed by atoms with Gasteiger partial charge in [0.15, 0.2) is 23.3 Å². The number of hydrogen-bond acceptors (Lipinski definition) is 1. The monoisotopic (exact) mass is 222 g/mol. The smallest absolute Gasteiger partial charge is 0.303 e. The van der Waals surface area contributed by atoms with Crippen molar-refractivity contribution in [3.63, 3.8) is 0 Å². The number of aryl methyl sites for hydroxylation is 1. The molecule has 0 radical (unpaired) electrons. The molecule has 15 heavy (non-hydrogen) atoms. The third-order valence-electron chi connectivity index (χ3n) is 1.79. The van der Waals surface area contributed by atoms with E-state index in [0.29, 0.717) is 6.07 Å². The van der Waals surface area contributed by atoms with Crippen molar-refractivity contribution in [1.29, 1.82) is 0 Å². The van der Waals surface area contributed by atoms with Crippen molar-refractivity contribution in [2.45, 2.75) is 12.8 Å². The van der Waals surface area contributed by atoms with Crippen LogP contribution >= 0.6 is 0 Å².